The van der Waals surface area contributed by atoms with E-state index in [1.807, 2.05) is 88.4 Å². The van der Waals surface area contributed by atoms with Gasteiger partial charge in [0.15, 0.2) is 12.7 Å². The summed E-state index contributed by atoms with van der Waals surface area (Å²) >= 11 is 1.50. The summed E-state index contributed by atoms with van der Waals surface area (Å²) in [7, 11) is 0. The number of thioether (sulfide) groups is 1. The second kappa shape index (κ2) is 14.1. The molecular weight excluding hydrogens is 586 g/mol. The molecule has 3 aromatic rings. The van der Waals surface area contributed by atoms with Crippen molar-refractivity contribution in [1.29, 1.82) is 0 Å². The first kappa shape index (κ1) is 32.6. The van der Waals surface area contributed by atoms with Crippen LogP contribution in [-0.2, 0) is 27.2 Å². The van der Waals surface area contributed by atoms with Gasteiger partial charge < -0.3 is 25.4 Å². The number of aliphatic hydroxyl groups excluding tert-OH is 1. The molecule has 1 saturated heterocycles. The summed E-state index contributed by atoms with van der Waals surface area (Å²) in [4.78, 5) is 42.5. The fraction of sp³-hybridized carbons (Fsp3) is 0.417. The predicted octanol–water partition coefficient (Wildman–Crippen LogP) is 4.64. The van der Waals surface area contributed by atoms with Crippen molar-refractivity contribution >= 4 is 29.5 Å². The van der Waals surface area contributed by atoms with Crippen LogP contribution < -0.4 is 15.4 Å². The summed E-state index contributed by atoms with van der Waals surface area (Å²) in [6.45, 7) is 7.46. The van der Waals surface area contributed by atoms with E-state index in [-0.39, 0.29) is 30.9 Å². The van der Waals surface area contributed by atoms with E-state index in [1.54, 1.807) is 0 Å². The first-order valence-electron chi connectivity index (χ1n) is 15.6. The maximum atomic E-state index is 14.0. The molecule has 0 saturated carbocycles. The number of para-hydroxylation sites is 1. The largest absolute Gasteiger partial charge is 0.483 e. The molecule has 3 N–H and O–H groups in total. The summed E-state index contributed by atoms with van der Waals surface area (Å²) in [5.74, 6) is -0.391. The predicted molar refractivity (Wildman–Crippen MR) is 177 cm³/mol. The van der Waals surface area contributed by atoms with E-state index >= 15 is 0 Å². The zero-order valence-electron chi connectivity index (χ0n) is 26.4. The van der Waals surface area contributed by atoms with Crippen molar-refractivity contribution in [1.82, 2.24) is 15.5 Å². The number of carbonyl (C=O) groups excluding carboxylic acids is 3. The van der Waals surface area contributed by atoms with Crippen LogP contribution in [0, 0.1) is 13.8 Å². The van der Waals surface area contributed by atoms with Crippen molar-refractivity contribution in [2.75, 3.05) is 12.5 Å². The molecule has 1 aliphatic heterocycles. The van der Waals surface area contributed by atoms with Crippen LogP contribution in [-0.4, -0.2) is 63.1 Å². The number of fused-ring (bicyclic) bond motifs is 1. The zero-order chi connectivity index (χ0) is 32.1. The molecule has 5 rings (SSSR count). The van der Waals surface area contributed by atoms with Crippen LogP contribution in [0.25, 0.3) is 0 Å². The number of carbonyl (C=O) groups is 3. The van der Waals surface area contributed by atoms with E-state index in [0.29, 0.717) is 5.75 Å². The molecule has 2 aliphatic rings. The smallest absolute Gasteiger partial charge is 0.258 e. The number of aliphatic hydroxyl groups is 1. The average molecular weight is 630 g/mol. The third-order valence-corrected chi connectivity index (χ3v) is 10.2. The van der Waals surface area contributed by atoms with Crippen molar-refractivity contribution in [2.45, 2.75) is 82.4 Å². The quantitative estimate of drug-likeness (QED) is 0.302. The highest BCUT2D eigenvalue weighted by Crippen LogP contribution is 2.40. The third-order valence-electron chi connectivity index (χ3n) is 8.80. The Labute approximate surface area is 269 Å². The van der Waals surface area contributed by atoms with E-state index < -0.39 is 34.7 Å². The molecule has 4 atom stereocenters. The Kier molecular flexibility index (Phi) is 10.2. The Morgan fingerprint density at radius 3 is 2.42 bits per heavy atom. The first-order chi connectivity index (χ1) is 21.5. The molecule has 238 valence electrons. The minimum absolute atomic E-state index is 0.132. The van der Waals surface area contributed by atoms with Crippen LogP contribution >= 0.6 is 11.8 Å². The second-order valence-electron chi connectivity index (χ2n) is 12.6. The van der Waals surface area contributed by atoms with Gasteiger partial charge in [0.05, 0.1) is 18.0 Å². The molecule has 0 spiro atoms. The van der Waals surface area contributed by atoms with E-state index in [2.05, 4.69) is 22.8 Å². The highest BCUT2D eigenvalue weighted by molar-refractivity contribution is 8.00. The number of rotatable bonds is 10. The second-order valence-corrected chi connectivity index (χ2v) is 14.2. The Morgan fingerprint density at radius 1 is 1.00 bits per heavy atom. The number of benzene rings is 3. The van der Waals surface area contributed by atoms with Crippen molar-refractivity contribution < 1.29 is 24.2 Å². The molecule has 3 aromatic carbocycles. The molecule has 0 aromatic heterocycles. The van der Waals surface area contributed by atoms with Gasteiger partial charge in [-0.15, -0.1) is 11.8 Å². The Bertz CT molecular complexity index is 1510. The Balaban J connectivity index is 1.32. The van der Waals surface area contributed by atoms with Gasteiger partial charge in [-0.2, -0.15) is 0 Å². The number of nitrogens with zero attached hydrogens (tertiary/aromatic N) is 1. The molecule has 1 aliphatic carbocycles. The number of hydrogen-bond acceptors (Lipinski definition) is 6. The highest BCUT2D eigenvalue weighted by atomic mass is 32.2. The molecule has 0 bridgehead atoms. The van der Waals surface area contributed by atoms with Crippen LogP contribution in [0.2, 0.25) is 0 Å². The van der Waals surface area contributed by atoms with Crippen LogP contribution in [0.15, 0.2) is 72.8 Å². The number of hydrogen-bond donors (Lipinski definition) is 3. The van der Waals surface area contributed by atoms with Crippen molar-refractivity contribution in [3.8, 4) is 5.75 Å². The lowest BCUT2D eigenvalue weighted by Gasteiger charge is -2.35. The van der Waals surface area contributed by atoms with Crippen LogP contribution in [0.4, 0.5) is 0 Å². The molecule has 45 heavy (non-hydrogen) atoms. The lowest BCUT2D eigenvalue weighted by atomic mass is 9.87. The molecule has 9 heteroatoms. The van der Waals surface area contributed by atoms with Crippen molar-refractivity contribution in [3.63, 3.8) is 0 Å². The van der Waals surface area contributed by atoms with Crippen molar-refractivity contribution in [2.24, 2.45) is 0 Å². The monoisotopic (exact) mass is 629 g/mol. The summed E-state index contributed by atoms with van der Waals surface area (Å²) < 4.78 is 5.27. The standard InChI is InChI=1S/C36H43N3O5S/c1-23-12-10-13-24(2)32(23)44-21-30(40)37-29(20-25-14-6-5-7-15-25)31(41)35(43)39-22-45-36(3,4)33(39)34(42)38-28-19-11-17-26-16-8-9-18-27(26)28/h5-10,12-16,18,28-29,31,33,41H,11,17,19-22H2,1-4H3,(H,37,40)(H,38,42)/t28-,29-,31-,33+/m0/s1. The molecule has 1 fully saturated rings. The number of nitrogens with one attached hydrogen (secondary N) is 2. The van der Waals surface area contributed by atoms with Crippen LogP contribution in [0.1, 0.15) is 60.5 Å². The molecule has 0 unspecified atom stereocenters. The average Bonchev–Trinajstić information content (AvgIpc) is 3.35. The maximum Gasteiger partial charge on any atom is 0.258 e. The third kappa shape index (κ3) is 7.53. The molecule has 3 amide bonds. The highest BCUT2D eigenvalue weighted by Gasteiger charge is 2.50. The van der Waals surface area contributed by atoms with Gasteiger partial charge in [0.1, 0.15) is 11.8 Å². The van der Waals surface area contributed by atoms with Gasteiger partial charge in [0.2, 0.25) is 5.91 Å². The first-order valence-corrected chi connectivity index (χ1v) is 16.6. The normalized spacial score (nSPS) is 20.1. The fourth-order valence-corrected chi connectivity index (χ4v) is 7.57. The number of ether oxygens (including phenoxy) is 1. The van der Waals surface area contributed by atoms with Gasteiger partial charge in [0.25, 0.3) is 11.8 Å². The summed E-state index contributed by atoms with van der Waals surface area (Å²) in [6.07, 6.45) is 1.43. The lowest BCUT2D eigenvalue weighted by molar-refractivity contribution is -0.148. The van der Waals surface area contributed by atoms with Crippen LogP contribution in [0.3, 0.4) is 0 Å². The molecule has 1 heterocycles. The summed E-state index contributed by atoms with van der Waals surface area (Å²) in [5.41, 5.74) is 5.03. The van der Waals surface area contributed by atoms with Gasteiger partial charge >= 0.3 is 0 Å². The topological polar surface area (TPSA) is 108 Å². The molecule has 0 radical (unpaired) electrons. The van der Waals surface area contributed by atoms with E-state index in [1.165, 1.54) is 22.2 Å². The molecular formula is C36H43N3O5S. The minimum Gasteiger partial charge on any atom is -0.483 e. The number of aryl methyl sites for hydroxylation is 3. The maximum absolute atomic E-state index is 14.0. The fourth-order valence-electron chi connectivity index (χ4n) is 6.43. The summed E-state index contributed by atoms with van der Waals surface area (Å²) in [5, 5.41) is 17.6. The van der Waals surface area contributed by atoms with Gasteiger partial charge in [-0.1, -0.05) is 72.8 Å². The van der Waals surface area contributed by atoms with E-state index in [4.69, 9.17) is 4.74 Å². The van der Waals surface area contributed by atoms with E-state index in [0.717, 1.165) is 41.5 Å². The Morgan fingerprint density at radius 2 is 1.69 bits per heavy atom. The van der Waals surface area contributed by atoms with Gasteiger partial charge in [0, 0.05) is 4.75 Å². The van der Waals surface area contributed by atoms with E-state index in [9.17, 15) is 19.5 Å². The minimum atomic E-state index is -1.57. The summed E-state index contributed by atoms with van der Waals surface area (Å²) in [6, 6.07) is 21.4. The zero-order valence-corrected chi connectivity index (χ0v) is 27.2. The van der Waals surface area contributed by atoms with Crippen molar-refractivity contribution in [3.05, 3.63) is 101 Å². The Hall–Kier alpha value is -3.82. The van der Waals surface area contributed by atoms with Gasteiger partial charge in [-0.25, -0.2) is 0 Å². The SMILES string of the molecule is Cc1cccc(C)c1OCC(=O)N[C@@H](Cc1ccccc1)[C@H](O)C(=O)N1CSC(C)(C)[C@H]1C(=O)N[C@H]1CCCc2ccccc21. The van der Waals surface area contributed by atoms with Gasteiger partial charge in [-0.05, 0) is 81.2 Å². The van der Waals surface area contributed by atoms with Gasteiger partial charge in [-0.3, -0.25) is 14.4 Å². The molecule has 8 nitrogen and oxygen atoms in total. The van der Waals surface area contributed by atoms with Crippen LogP contribution in [0.5, 0.6) is 5.75 Å². The number of amides is 3. The lowest BCUT2D eigenvalue weighted by Crippen LogP contribution is -2.59.